The number of rotatable bonds is 8. The van der Waals surface area contributed by atoms with Crippen molar-refractivity contribution in [1.29, 1.82) is 0 Å². The Morgan fingerprint density at radius 1 is 1.07 bits per heavy atom. The van der Waals surface area contributed by atoms with E-state index < -0.39 is 8.25 Å². The Bertz CT molecular complexity index is 125. The topological polar surface area (TPSA) is 46.5 Å². The van der Waals surface area contributed by atoms with Crippen LogP contribution in [0.1, 0.15) is 45.4 Å². The number of hydrogen-bond acceptors (Lipinski definition) is 2. The van der Waals surface area contributed by atoms with Crippen LogP contribution in [0.15, 0.2) is 0 Å². The molecule has 1 N–H and O–H groups in total. The van der Waals surface area contributed by atoms with Gasteiger partial charge in [0, 0.05) is 81.7 Å². The number of unbranched alkanes of at least 4 members (excludes halogenated alkanes) is 5. The van der Waals surface area contributed by atoms with Gasteiger partial charge in [-0.1, -0.05) is 39.0 Å². The van der Waals surface area contributed by atoms with Crippen LogP contribution in [0.4, 0.5) is 0 Å². The van der Waals surface area contributed by atoms with E-state index in [0.717, 1.165) is 12.8 Å². The quantitative estimate of drug-likeness (QED) is 0.428. The summed E-state index contributed by atoms with van der Waals surface area (Å²) < 4.78 is 14.6. The zero-order valence-corrected chi connectivity index (χ0v) is 16.1. The molecule has 0 aromatic heterocycles. The first-order valence-corrected chi connectivity index (χ1v) is 5.89. The van der Waals surface area contributed by atoms with Crippen molar-refractivity contribution in [3.05, 3.63) is 0 Å². The van der Waals surface area contributed by atoms with Crippen molar-refractivity contribution < 1.29 is 95.7 Å². The minimum absolute atomic E-state index is 0. The van der Waals surface area contributed by atoms with Crippen molar-refractivity contribution in [2.45, 2.75) is 45.4 Å². The van der Waals surface area contributed by atoms with E-state index in [1.54, 1.807) is 0 Å². The van der Waals surface area contributed by atoms with Crippen LogP contribution in [-0.2, 0) is 9.09 Å². The fourth-order valence-corrected chi connectivity index (χ4v) is 1.36. The van der Waals surface area contributed by atoms with Gasteiger partial charge in [0.2, 0.25) is 0 Å². The molecular formula is C8H19Nd2O3P. The summed E-state index contributed by atoms with van der Waals surface area (Å²) >= 11 is 0. The Labute approximate surface area is 153 Å². The van der Waals surface area contributed by atoms with Crippen molar-refractivity contribution in [3.63, 3.8) is 0 Å². The molecule has 1 atom stereocenters. The molecule has 82 valence electrons. The van der Waals surface area contributed by atoms with Gasteiger partial charge in [-0.3, -0.25) is 4.57 Å². The molecule has 6 heteroatoms. The second kappa shape index (κ2) is 18.2. The third-order valence-corrected chi connectivity index (χ3v) is 2.17. The smallest absolute Gasteiger partial charge is 0.316 e. The molecule has 1 unspecified atom stereocenters. The molecule has 0 spiro atoms. The minimum atomic E-state index is -2.68. The Morgan fingerprint density at radius 3 is 2.07 bits per heavy atom. The van der Waals surface area contributed by atoms with Crippen LogP contribution >= 0.6 is 8.25 Å². The molecule has 0 saturated carbocycles. The van der Waals surface area contributed by atoms with Crippen LogP contribution in [0.3, 0.4) is 0 Å². The first-order valence-electron chi connectivity index (χ1n) is 4.63. The van der Waals surface area contributed by atoms with Gasteiger partial charge in [-0.15, -0.1) is 0 Å². The van der Waals surface area contributed by atoms with E-state index in [1.165, 1.54) is 25.7 Å². The van der Waals surface area contributed by atoms with E-state index in [0.29, 0.717) is 6.61 Å². The molecule has 0 saturated heterocycles. The van der Waals surface area contributed by atoms with Crippen LogP contribution in [0.25, 0.3) is 0 Å². The molecule has 0 aromatic rings. The standard InChI is InChI=1S/C8H19O3P.2Nd/c1-2-3-4-5-6-7-8-11-12(9)10;;/h12H,2-8H2,1H3,(H,9,10);;. The van der Waals surface area contributed by atoms with Gasteiger partial charge < -0.3 is 9.42 Å². The maximum atomic E-state index is 10.1. The van der Waals surface area contributed by atoms with Crippen molar-refractivity contribution >= 4 is 8.25 Å². The van der Waals surface area contributed by atoms with E-state index in [2.05, 4.69) is 11.4 Å². The summed E-state index contributed by atoms with van der Waals surface area (Å²) in [6, 6.07) is 0. The fraction of sp³-hybridized carbons (Fsp3) is 1.00. The molecule has 0 fully saturated rings. The van der Waals surface area contributed by atoms with Crippen molar-refractivity contribution in [2.24, 2.45) is 0 Å². The van der Waals surface area contributed by atoms with Crippen molar-refractivity contribution in [1.82, 2.24) is 0 Å². The summed E-state index contributed by atoms with van der Waals surface area (Å²) in [5.74, 6) is 0. The SMILES string of the molecule is CCCCCCCCO[PH](=O)O.[Nd].[Nd]. The van der Waals surface area contributed by atoms with Crippen LogP contribution in [0.2, 0.25) is 0 Å². The molecule has 0 aliphatic carbocycles. The van der Waals surface area contributed by atoms with Gasteiger partial charge in [0.1, 0.15) is 0 Å². The Balaban J connectivity index is -0.000000605. The molecule has 0 rings (SSSR count). The van der Waals surface area contributed by atoms with Gasteiger partial charge in [0.25, 0.3) is 0 Å². The zero-order valence-electron chi connectivity index (χ0n) is 8.71. The van der Waals surface area contributed by atoms with Crippen molar-refractivity contribution in [3.8, 4) is 0 Å². The van der Waals surface area contributed by atoms with Gasteiger partial charge in [0.15, 0.2) is 0 Å². The summed E-state index contributed by atoms with van der Waals surface area (Å²) in [6.45, 7) is 2.61. The summed E-state index contributed by atoms with van der Waals surface area (Å²) in [5.41, 5.74) is 0. The second-order valence-electron chi connectivity index (χ2n) is 2.88. The van der Waals surface area contributed by atoms with Gasteiger partial charge in [-0.05, 0) is 6.42 Å². The molecule has 0 bridgehead atoms. The second-order valence-corrected chi connectivity index (χ2v) is 3.70. The maximum absolute atomic E-state index is 10.1. The van der Waals surface area contributed by atoms with Crippen molar-refractivity contribution in [2.75, 3.05) is 6.61 Å². The Morgan fingerprint density at radius 2 is 1.57 bits per heavy atom. The van der Waals surface area contributed by atoms with E-state index in [1.807, 2.05) is 0 Å². The van der Waals surface area contributed by atoms with E-state index in [9.17, 15) is 4.57 Å². The average molecular weight is 483 g/mol. The molecule has 0 aliphatic heterocycles. The predicted molar refractivity (Wildman–Crippen MR) is 50.5 cm³/mol. The summed E-state index contributed by atoms with van der Waals surface area (Å²) in [6.07, 6.45) is 7.03. The number of hydrogen-bond donors (Lipinski definition) is 1. The minimum Gasteiger partial charge on any atom is -0.326 e. The van der Waals surface area contributed by atoms with Gasteiger partial charge in [-0.2, -0.15) is 0 Å². The molecular weight excluding hydrogens is 464 g/mol. The van der Waals surface area contributed by atoms with E-state index >= 15 is 0 Å². The monoisotopic (exact) mass is 478 g/mol. The molecule has 14 heavy (non-hydrogen) atoms. The summed E-state index contributed by atoms with van der Waals surface area (Å²) in [4.78, 5) is 8.32. The molecule has 0 aliphatic rings. The summed E-state index contributed by atoms with van der Waals surface area (Å²) in [5, 5.41) is 0. The first kappa shape index (κ1) is 22.1. The third-order valence-electron chi connectivity index (χ3n) is 1.72. The van der Waals surface area contributed by atoms with Crippen LogP contribution in [0.5, 0.6) is 0 Å². The largest absolute Gasteiger partial charge is 0.326 e. The van der Waals surface area contributed by atoms with Crippen LogP contribution in [-0.4, -0.2) is 11.5 Å². The molecule has 0 aromatic carbocycles. The van der Waals surface area contributed by atoms with Crippen LogP contribution in [0, 0.1) is 81.7 Å². The molecule has 0 amide bonds. The zero-order chi connectivity index (χ0) is 9.23. The normalized spacial score (nSPS) is 11.3. The van der Waals surface area contributed by atoms with E-state index in [-0.39, 0.29) is 81.7 Å². The third kappa shape index (κ3) is 20.3. The van der Waals surface area contributed by atoms with Gasteiger partial charge in [0.05, 0.1) is 6.61 Å². The maximum Gasteiger partial charge on any atom is 0.316 e. The molecule has 3 nitrogen and oxygen atoms in total. The first-order chi connectivity index (χ1) is 5.77. The average Bonchev–Trinajstić information content (AvgIpc) is 2.02. The predicted octanol–water partition coefficient (Wildman–Crippen LogP) is 2.75. The summed E-state index contributed by atoms with van der Waals surface area (Å²) in [7, 11) is -2.68. The molecule has 0 heterocycles. The Hall–Kier alpha value is 2.85. The Kier molecular flexibility index (Phi) is 28.7. The van der Waals surface area contributed by atoms with Gasteiger partial charge >= 0.3 is 8.25 Å². The fourth-order valence-electron chi connectivity index (χ4n) is 1.04. The van der Waals surface area contributed by atoms with Gasteiger partial charge in [-0.25, -0.2) is 0 Å². The van der Waals surface area contributed by atoms with E-state index in [4.69, 9.17) is 4.89 Å². The molecule has 0 radical (unpaired) electrons. The van der Waals surface area contributed by atoms with Crippen LogP contribution < -0.4 is 0 Å².